The molecule has 0 radical (unpaired) electrons. The van der Waals surface area contributed by atoms with E-state index in [1.807, 2.05) is 0 Å². The van der Waals surface area contributed by atoms with E-state index in [-0.39, 0.29) is 35.1 Å². The number of hydrogen-bond donors (Lipinski definition) is 3. The van der Waals surface area contributed by atoms with Gasteiger partial charge in [0.15, 0.2) is 0 Å². The summed E-state index contributed by atoms with van der Waals surface area (Å²) in [6.07, 6.45) is 8.09. The molecular formula is C32H46FN3O6. The number of likely N-dealkylation sites (tertiary alicyclic amines) is 1. The maximum absolute atomic E-state index is 13.9. The van der Waals surface area contributed by atoms with E-state index in [0.717, 1.165) is 32.1 Å². The van der Waals surface area contributed by atoms with Crippen molar-refractivity contribution in [2.45, 2.75) is 103 Å². The first-order chi connectivity index (χ1) is 20.0. The van der Waals surface area contributed by atoms with Crippen molar-refractivity contribution in [2.24, 2.45) is 23.7 Å². The van der Waals surface area contributed by atoms with Crippen LogP contribution in [-0.4, -0.2) is 64.8 Å². The molecule has 1 heterocycles. The molecule has 3 N–H and O–H groups in total. The highest BCUT2D eigenvalue weighted by molar-refractivity contribution is 5.98. The van der Waals surface area contributed by atoms with Gasteiger partial charge in [-0.15, -0.1) is 0 Å². The zero-order valence-corrected chi connectivity index (χ0v) is 25.1. The third-order valence-electron chi connectivity index (χ3n) is 9.21. The molecule has 1 aliphatic heterocycles. The van der Waals surface area contributed by atoms with E-state index in [1.165, 1.54) is 18.6 Å². The molecule has 232 valence electrons. The Bertz CT molecular complexity index is 1110. The molecule has 1 aromatic carbocycles. The molecule has 2 saturated carbocycles. The molecule has 9 nitrogen and oxygen atoms in total. The van der Waals surface area contributed by atoms with Gasteiger partial charge in [0.2, 0.25) is 11.8 Å². The number of ether oxygens (including phenoxy) is 1. The molecule has 1 saturated heterocycles. The highest BCUT2D eigenvalue weighted by atomic mass is 19.1. The minimum absolute atomic E-state index is 0.0231. The van der Waals surface area contributed by atoms with Crippen LogP contribution in [0.1, 0.15) is 95.3 Å². The van der Waals surface area contributed by atoms with Gasteiger partial charge in [-0.2, -0.15) is 0 Å². The minimum Gasteiger partial charge on any atom is -0.478 e. The summed E-state index contributed by atoms with van der Waals surface area (Å²) < 4.78 is 19.2. The summed E-state index contributed by atoms with van der Waals surface area (Å²) >= 11 is 0. The first-order valence-corrected chi connectivity index (χ1v) is 15.5. The number of alkyl carbamates (subject to hydrolysis) is 1. The van der Waals surface area contributed by atoms with Crippen LogP contribution in [-0.2, 0) is 14.3 Å². The fourth-order valence-electron chi connectivity index (χ4n) is 7.11. The topological polar surface area (TPSA) is 125 Å². The highest BCUT2D eigenvalue weighted by Gasteiger charge is 2.47. The van der Waals surface area contributed by atoms with E-state index in [1.54, 1.807) is 37.8 Å². The quantitative estimate of drug-likeness (QED) is 0.354. The molecule has 0 unspecified atom stereocenters. The molecule has 3 fully saturated rings. The van der Waals surface area contributed by atoms with Crippen LogP contribution in [0.5, 0.6) is 0 Å². The first-order valence-electron chi connectivity index (χ1n) is 15.5. The second-order valence-corrected chi connectivity index (χ2v) is 13.2. The SMILES string of the molecule is CC(C)(C)OC(=O)N[C@H](CF)C1CCC(C(=O)N2CC[C@@H](C3CCCCC3)[C@@H]2C(=O)Nc2ccc(C(=O)O)cc2)CC1. The number of aromatic carboxylic acids is 1. The van der Waals surface area contributed by atoms with Crippen LogP contribution in [0, 0.1) is 23.7 Å². The summed E-state index contributed by atoms with van der Waals surface area (Å²) in [6, 6.07) is 4.82. The van der Waals surface area contributed by atoms with Crippen LogP contribution < -0.4 is 10.6 Å². The smallest absolute Gasteiger partial charge is 0.407 e. The summed E-state index contributed by atoms with van der Waals surface area (Å²) in [5.41, 5.74) is -0.0371. The normalized spacial score (nSPS) is 25.9. The number of carboxylic acids is 1. The number of alkyl halides is 1. The molecule has 42 heavy (non-hydrogen) atoms. The van der Waals surface area contributed by atoms with Crippen LogP contribution in [0.3, 0.4) is 0 Å². The Kier molecular flexibility index (Phi) is 10.5. The third kappa shape index (κ3) is 8.01. The fourth-order valence-corrected chi connectivity index (χ4v) is 7.11. The molecule has 0 aromatic heterocycles. The van der Waals surface area contributed by atoms with Crippen LogP contribution in [0.25, 0.3) is 0 Å². The van der Waals surface area contributed by atoms with Gasteiger partial charge in [0.1, 0.15) is 18.3 Å². The molecule has 2 aliphatic carbocycles. The predicted molar refractivity (Wildman–Crippen MR) is 157 cm³/mol. The summed E-state index contributed by atoms with van der Waals surface area (Å²) in [4.78, 5) is 52.9. The van der Waals surface area contributed by atoms with Gasteiger partial charge in [0.05, 0.1) is 11.6 Å². The Hall–Kier alpha value is -3.17. The summed E-state index contributed by atoms with van der Waals surface area (Å²) in [6.45, 7) is 5.10. The van der Waals surface area contributed by atoms with E-state index in [9.17, 15) is 28.7 Å². The van der Waals surface area contributed by atoms with Crippen LogP contribution >= 0.6 is 0 Å². The molecule has 4 rings (SSSR count). The second kappa shape index (κ2) is 13.9. The number of carbonyl (C=O) groups is 4. The van der Waals surface area contributed by atoms with Gasteiger partial charge in [-0.25, -0.2) is 14.0 Å². The lowest BCUT2D eigenvalue weighted by atomic mass is 9.76. The van der Waals surface area contributed by atoms with E-state index in [4.69, 9.17) is 4.74 Å². The van der Waals surface area contributed by atoms with Crippen molar-refractivity contribution >= 4 is 29.6 Å². The van der Waals surface area contributed by atoms with Gasteiger partial charge in [-0.05, 0) is 94.9 Å². The summed E-state index contributed by atoms with van der Waals surface area (Å²) in [5, 5.41) is 14.8. The van der Waals surface area contributed by atoms with Crippen molar-refractivity contribution in [1.29, 1.82) is 0 Å². The van der Waals surface area contributed by atoms with Crippen molar-refractivity contribution in [3.05, 3.63) is 29.8 Å². The number of carboxylic acid groups (broad SMARTS) is 1. The third-order valence-corrected chi connectivity index (χ3v) is 9.21. The van der Waals surface area contributed by atoms with Gasteiger partial charge in [0.25, 0.3) is 0 Å². The monoisotopic (exact) mass is 587 g/mol. The molecule has 3 atom stereocenters. The van der Waals surface area contributed by atoms with Crippen LogP contribution in [0.4, 0.5) is 14.9 Å². The van der Waals surface area contributed by atoms with Crippen molar-refractivity contribution < 1.29 is 33.4 Å². The van der Waals surface area contributed by atoms with Crippen molar-refractivity contribution in [2.75, 3.05) is 18.5 Å². The van der Waals surface area contributed by atoms with Gasteiger partial charge >= 0.3 is 12.1 Å². The number of carbonyl (C=O) groups excluding carboxylic acids is 3. The first kappa shape index (κ1) is 31.8. The molecule has 10 heteroatoms. The lowest BCUT2D eigenvalue weighted by Gasteiger charge is -2.37. The predicted octanol–water partition coefficient (Wildman–Crippen LogP) is 5.79. The van der Waals surface area contributed by atoms with E-state index in [0.29, 0.717) is 43.8 Å². The number of amides is 3. The standard InChI is InChI=1S/C32H46FN3O6/c1-32(2,3)42-31(41)35-26(19-33)21-9-11-22(12-10-21)29(38)36-18-17-25(20-7-5-4-6-8-20)27(36)28(37)34-24-15-13-23(14-16-24)30(39)40/h13-16,20-22,25-27H,4-12,17-19H2,1-3H3,(H,34,37)(H,35,41)(H,39,40)/t21?,22?,25-,26+,27+/m0/s1. The second-order valence-electron chi connectivity index (χ2n) is 13.2. The number of halogens is 1. The Morgan fingerprint density at radius 1 is 0.976 bits per heavy atom. The summed E-state index contributed by atoms with van der Waals surface area (Å²) in [5.74, 6) is -1.16. The number of anilines is 1. The fraction of sp³-hybridized carbons (Fsp3) is 0.688. The van der Waals surface area contributed by atoms with Crippen LogP contribution in [0.15, 0.2) is 24.3 Å². The molecule has 3 amide bonds. The number of nitrogens with one attached hydrogen (secondary N) is 2. The zero-order valence-electron chi connectivity index (χ0n) is 25.1. The Morgan fingerprint density at radius 2 is 1.62 bits per heavy atom. The average Bonchev–Trinajstić information content (AvgIpc) is 3.41. The van der Waals surface area contributed by atoms with Crippen LogP contribution in [0.2, 0.25) is 0 Å². The summed E-state index contributed by atoms with van der Waals surface area (Å²) in [7, 11) is 0. The molecule has 0 spiro atoms. The lowest BCUT2D eigenvalue weighted by Crippen LogP contribution is -2.50. The van der Waals surface area contributed by atoms with E-state index < -0.39 is 36.4 Å². The van der Waals surface area contributed by atoms with Gasteiger partial charge < -0.3 is 25.4 Å². The average molecular weight is 588 g/mol. The van der Waals surface area contributed by atoms with Crippen molar-refractivity contribution in [3.8, 4) is 0 Å². The van der Waals surface area contributed by atoms with Crippen molar-refractivity contribution in [3.63, 3.8) is 0 Å². The van der Waals surface area contributed by atoms with E-state index in [2.05, 4.69) is 10.6 Å². The minimum atomic E-state index is -1.04. The van der Waals surface area contributed by atoms with E-state index >= 15 is 0 Å². The maximum atomic E-state index is 13.9. The largest absolute Gasteiger partial charge is 0.478 e. The van der Waals surface area contributed by atoms with Gasteiger partial charge in [-0.3, -0.25) is 9.59 Å². The number of nitrogens with zero attached hydrogens (tertiary/aromatic N) is 1. The molecule has 1 aromatic rings. The zero-order chi connectivity index (χ0) is 30.4. The van der Waals surface area contributed by atoms with Gasteiger partial charge in [0, 0.05) is 18.2 Å². The number of hydrogen-bond acceptors (Lipinski definition) is 5. The maximum Gasteiger partial charge on any atom is 0.407 e. The Morgan fingerprint density at radius 3 is 2.19 bits per heavy atom. The lowest BCUT2D eigenvalue weighted by molar-refractivity contribution is -0.142. The van der Waals surface area contributed by atoms with Gasteiger partial charge in [-0.1, -0.05) is 32.1 Å². The number of rotatable bonds is 8. The highest BCUT2D eigenvalue weighted by Crippen LogP contribution is 2.41. The van der Waals surface area contributed by atoms with Crippen molar-refractivity contribution in [1.82, 2.24) is 10.2 Å². The molecule has 0 bridgehead atoms. The molecular weight excluding hydrogens is 541 g/mol. The Balaban J connectivity index is 1.42. The number of benzene rings is 1. The Labute approximate surface area is 247 Å². The molecule has 3 aliphatic rings.